The molecule has 1 rings (SSSR count). The number of hydrogen-bond acceptors (Lipinski definition) is 4. The molecule has 10 heteroatoms. The van der Waals surface area contributed by atoms with Crippen LogP contribution < -0.4 is 26.6 Å². The maximum absolute atomic E-state index is 12.0. The molecule has 0 saturated heterocycles. The third-order valence-corrected chi connectivity index (χ3v) is 3.80. The quantitative estimate of drug-likeness (QED) is 0.390. The average molecular weight is 405 g/mol. The van der Waals surface area contributed by atoms with E-state index in [4.69, 9.17) is 33.7 Å². The Hall–Kier alpha value is -2.19. The fraction of sp³-hybridized carbons (Fsp3) is 0.438. The van der Waals surface area contributed by atoms with Crippen LogP contribution in [0.4, 0.5) is 4.79 Å². The van der Waals surface area contributed by atoms with Crippen molar-refractivity contribution in [1.29, 1.82) is 0 Å². The van der Waals surface area contributed by atoms with Crippen molar-refractivity contribution in [3.8, 4) is 5.75 Å². The number of nitrogens with one attached hydrogen (secondary N) is 3. The topological polar surface area (TPSA) is 123 Å². The van der Waals surface area contributed by atoms with E-state index in [0.717, 1.165) is 0 Å². The molecule has 0 unspecified atom stereocenters. The number of hydrogen-bond donors (Lipinski definition) is 4. The predicted octanol–water partition coefficient (Wildman–Crippen LogP) is 1.99. The minimum absolute atomic E-state index is 0.126. The molecule has 1 atom stereocenters. The average Bonchev–Trinajstić information content (AvgIpc) is 2.55. The van der Waals surface area contributed by atoms with E-state index in [1.807, 2.05) is 0 Å². The van der Waals surface area contributed by atoms with Crippen molar-refractivity contribution in [2.24, 2.45) is 11.7 Å². The molecule has 1 aromatic rings. The first-order valence-corrected chi connectivity index (χ1v) is 8.68. The van der Waals surface area contributed by atoms with Gasteiger partial charge in [0.2, 0.25) is 5.91 Å². The van der Waals surface area contributed by atoms with Crippen LogP contribution in [-0.4, -0.2) is 30.5 Å². The first-order valence-electron chi connectivity index (χ1n) is 7.93. The van der Waals surface area contributed by atoms with E-state index < -0.39 is 23.9 Å². The monoisotopic (exact) mass is 404 g/mol. The van der Waals surface area contributed by atoms with Crippen LogP contribution in [0.5, 0.6) is 5.75 Å². The van der Waals surface area contributed by atoms with Gasteiger partial charge in [0, 0.05) is 11.4 Å². The zero-order valence-electron chi connectivity index (χ0n) is 14.5. The summed E-state index contributed by atoms with van der Waals surface area (Å²) >= 11 is 11.8. The lowest BCUT2D eigenvalue weighted by molar-refractivity contribution is -0.130. The Bertz CT molecular complexity index is 655. The number of halogens is 2. The van der Waals surface area contributed by atoms with Gasteiger partial charge in [0.15, 0.2) is 0 Å². The summed E-state index contributed by atoms with van der Waals surface area (Å²) in [6.07, 6.45) is 0.537. The normalized spacial score (nSPS) is 11.6. The summed E-state index contributed by atoms with van der Waals surface area (Å²) < 4.78 is 5.46. The fourth-order valence-electron chi connectivity index (χ4n) is 1.97. The van der Waals surface area contributed by atoms with Crippen molar-refractivity contribution in [3.05, 3.63) is 28.2 Å². The van der Waals surface area contributed by atoms with Gasteiger partial charge in [0.05, 0.1) is 11.6 Å². The zero-order chi connectivity index (χ0) is 19.7. The summed E-state index contributed by atoms with van der Waals surface area (Å²) in [5.41, 5.74) is 9.56. The molecule has 0 saturated carbocycles. The van der Waals surface area contributed by atoms with Crippen LogP contribution in [0.25, 0.3) is 0 Å². The van der Waals surface area contributed by atoms with Gasteiger partial charge >= 0.3 is 6.03 Å². The molecule has 0 heterocycles. The Morgan fingerprint density at radius 3 is 2.46 bits per heavy atom. The summed E-state index contributed by atoms with van der Waals surface area (Å²) in [6, 6.07) is 3.19. The largest absolute Gasteiger partial charge is 0.492 e. The zero-order valence-corrected chi connectivity index (χ0v) is 16.0. The third-order valence-electron chi connectivity index (χ3n) is 3.27. The van der Waals surface area contributed by atoms with Crippen molar-refractivity contribution in [3.63, 3.8) is 0 Å². The number of amides is 4. The molecule has 144 valence electrons. The highest BCUT2D eigenvalue weighted by atomic mass is 35.5. The van der Waals surface area contributed by atoms with Crippen LogP contribution in [-0.2, 0) is 9.59 Å². The summed E-state index contributed by atoms with van der Waals surface area (Å²) in [7, 11) is 0. The van der Waals surface area contributed by atoms with E-state index in [1.165, 1.54) is 0 Å². The number of urea groups is 1. The summed E-state index contributed by atoms with van der Waals surface area (Å²) in [5, 5.41) is 3.20. The molecular weight excluding hydrogens is 383 g/mol. The van der Waals surface area contributed by atoms with Gasteiger partial charge in [-0.15, -0.1) is 0 Å². The molecule has 4 amide bonds. The van der Waals surface area contributed by atoms with Crippen LogP contribution in [0, 0.1) is 5.92 Å². The van der Waals surface area contributed by atoms with Gasteiger partial charge < -0.3 is 15.8 Å². The molecule has 26 heavy (non-hydrogen) atoms. The number of carbonyl (C=O) groups is 3. The van der Waals surface area contributed by atoms with Crippen LogP contribution in [0.2, 0.25) is 10.0 Å². The van der Waals surface area contributed by atoms with Crippen molar-refractivity contribution >= 4 is 41.0 Å². The molecule has 0 radical (unpaired) electrons. The Kier molecular flexibility index (Phi) is 9.01. The second kappa shape index (κ2) is 10.7. The van der Waals surface area contributed by atoms with E-state index in [9.17, 15) is 14.4 Å². The summed E-state index contributed by atoms with van der Waals surface area (Å²) in [6.45, 7) is 3.74. The smallest absolute Gasteiger partial charge is 0.312 e. The number of rotatable bonds is 8. The molecule has 0 aliphatic rings. The molecule has 0 fully saturated rings. The summed E-state index contributed by atoms with van der Waals surface area (Å²) in [5.74, 6) is -0.680. The Morgan fingerprint density at radius 1 is 1.19 bits per heavy atom. The highest BCUT2D eigenvalue weighted by Crippen LogP contribution is 2.27. The van der Waals surface area contributed by atoms with Crippen molar-refractivity contribution < 1.29 is 19.1 Å². The molecular formula is C16H22Cl2N4O4. The van der Waals surface area contributed by atoms with E-state index >= 15 is 0 Å². The SMILES string of the molecule is CC(C)[C@H](NC(N)=O)C(=O)NNC(=O)CCCOc1ccc(Cl)cc1Cl. The predicted molar refractivity (Wildman–Crippen MR) is 98.8 cm³/mol. The van der Waals surface area contributed by atoms with E-state index in [2.05, 4.69) is 16.2 Å². The van der Waals surface area contributed by atoms with Gasteiger partial charge in [0.25, 0.3) is 5.91 Å². The van der Waals surface area contributed by atoms with Crippen LogP contribution in [0.1, 0.15) is 26.7 Å². The Morgan fingerprint density at radius 2 is 1.88 bits per heavy atom. The lowest BCUT2D eigenvalue weighted by atomic mass is 10.0. The number of primary amides is 1. The Labute approximate surface area is 161 Å². The lowest BCUT2D eigenvalue weighted by Crippen LogP contribution is -2.55. The van der Waals surface area contributed by atoms with Gasteiger partial charge in [-0.3, -0.25) is 20.4 Å². The third kappa shape index (κ3) is 7.79. The first-order chi connectivity index (χ1) is 12.2. The molecule has 5 N–H and O–H groups in total. The molecule has 8 nitrogen and oxygen atoms in total. The van der Waals surface area contributed by atoms with E-state index in [0.29, 0.717) is 22.2 Å². The number of ether oxygens (including phenoxy) is 1. The summed E-state index contributed by atoms with van der Waals surface area (Å²) in [4.78, 5) is 34.6. The number of nitrogens with two attached hydrogens (primary N) is 1. The second-order valence-electron chi connectivity index (χ2n) is 5.79. The van der Waals surface area contributed by atoms with Gasteiger partial charge in [-0.25, -0.2) is 4.79 Å². The molecule has 0 aromatic heterocycles. The standard InChI is InChI=1S/C16H22Cl2N4O4/c1-9(2)14(20-16(19)25)15(24)22-21-13(23)4-3-7-26-12-6-5-10(17)8-11(12)18/h5-6,8-9,14H,3-4,7H2,1-2H3,(H,21,23)(H,22,24)(H3,19,20,25)/t14-/m0/s1. The van der Waals surface area contributed by atoms with Crippen LogP contribution >= 0.6 is 23.2 Å². The van der Waals surface area contributed by atoms with E-state index in [1.54, 1.807) is 32.0 Å². The molecule has 0 bridgehead atoms. The van der Waals surface area contributed by atoms with Gasteiger partial charge in [-0.2, -0.15) is 0 Å². The second-order valence-corrected chi connectivity index (χ2v) is 6.64. The highest BCUT2D eigenvalue weighted by Gasteiger charge is 2.23. The maximum Gasteiger partial charge on any atom is 0.312 e. The van der Waals surface area contributed by atoms with Gasteiger partial charge in [-0.05, 0) is 30.5 Å². The van der Waals surface area contributed by atoms with Gasteiger partial charge in [-0.1, -0.05) is 37.0 Å². The number of hydrazine groups is 1. The van der Waals surface area contributed by atoms with Crippen molar-refractivity contribution in [1.82, 2.24) is 16.2 Å². The van der Waals surface area contributed by atoms with Crippen molar-refractivity contribution in [2.45, 2.75) is 32.7 Å². The Balaban J connectivity index is 2.31. The molecule has 0 aliphatic heterocycles. The van der Waals surface area contributed by atoms with Crippen LogP contribution in [0.3, 0.4) is 0 Å². The first kappa shape index (κ1) is 21.9. The molecule has 0 spiro atoms. The number of carbonyl (C=O) groups excluding carboxylic acids is 3. The highest BCUT2D eigenvalue weighted by molar-refractivity contribution is 6.35. The van der Waals surface area contributed by atoms with Gasteiger partial charge in [0.1, 0.15) is 11.8 Å². The lowest BCUT2D eigenvalue weighted by Gasteiger charge is -2.20. The maximum atomic E-state index is 12.0. The fourth-order valence-corrected chi connectivity index (χ4v) is 2.43. The molecule has 0 aliphatic carbocycles. The van der Waals surface area contributed by atoms with E-state index in [-0.39, 0.29) is 18.9 Å². The minimum Gasteiger partial charge on any atom is -0.492 e. The van der Waals surface area contributed by atoms with Crippen molar-refractivity contribution in [2.75, 3.05) is 6.61 Å². The molecule has 1 aromatic carbocycles. The minimum atomic E-state index is -0.844. The van der Waals surface area contributed by atoms with Crippen LogP contribution in [0.15, 0.2) is 18.2 Å². The number of benzene rings is 1.